The van der Waals surface area contributed by atoms with Gasteiger partial charge in [0.2, 0.25) is 10.0 Å². The fourth-order valence-corrected chi connectivity index (χ4v) is 4.88. The molecule has 1 atom stereocenters. The second kappa shape index (κ2) is 9.76. The van der Waals surface area contributed by atoms with Gasteiger partial charge in [0.25, 0.3) is 0 Å². The van der Waals surface area contributed by atoms with Crippen LogP contribution >= 0.6 is 11.8 Å². The zero-order chi connectivity index (χ0) is 22.6. The van der Waals surface area contributed by atoms with Crippen molar-refractivity contribution >= 4 is 27.6 Å². The number of carbonyl (C=O) groups is 1. The number of Topliss-reactive ketones (excluding diaryl/α,β-unsaturated/α-hetero) is 1. The largest absolute Gasteiger partial charge is 0.312 e. The van der Waals surface area contributed by atoms with Crippen molar-refractivity contribution in [2.24, 2.45) is 7.05 Å². The molecule has 0 N–H and O–H groups in total. The minimum absolute atomic E-state index is 0.0778. The summed E-state index contributed by atoms with van der Waals surface area (Å²) in [6.45, 7) is 2.10. The minimum atomic E-state index is -3.47. The van der Waals surface area contributed by atoms with Crippen molar-refractivity contribution in [3.8, 4) is 0 Å². The van der Waals surface area contributed by atoms with Crippen LogP contribution in [0.2, 0.25) is 0 Å². The summed E-state index contributed by atoms with van der Waals surface area (Å²) in [6.07, 6.45) is 2.26. The maximum Gasteiger partial charge on any atom is 0.242 e. The number of nitrogens with zero attached hydrogens (tertiary/aromatic N) is 4. The van der Waals surface area contributed by atoms with Crippen LogP contribution in [-0.2, 0) is 34.7 Å². The number of hydrogen-bond donors (Lipinski definition) is 0. The summed E-state index contributed by atoms with van der Waals surface area (Å²) in [6, 6.07) is 14.5. The number of carbonyl (C=O) groups excluding carboxylic acids is 1. The Bertz CT molecular complexity index is 1160. The van der Waals surface area contributed by atoms with Crippen molar-refractivity contribution in [1.29, 1.82) is 0 Å². The fraction of sp³-hybridized carbons (Fsp3) is 0.318. The maximum atomic E-state index is 12.6. The normalized spacial score (nSPS) is 12.8. The Morgan fingerprint density at radius 2 is 1.77 bits per heavy atom. The Hall–Kier alpha value is -2.49. The fourth-order valence-electron chi connectivity index (χ4n) is 3.07. The maximum absolute atomic E-state index is 12.6. The standard InChI is InChI=1S/C22H26N4O3S2/c1-16(30-22-24-23-15-26(22)4)19-7-5-6-18(12-19)14-20(27)13-17-8-10-21(11-9-17)31(28,29)25(2)3/h5-12,15-16H,13-14H2,1-4H3/t16-/m0/s1. The van der Waals surface area contributed by atoms with Gasteiger partial charge < -0.3 is 4.57 Å². The lowest BCUT2D eigenvalue weighted by Gasteiger charge is -2.12. The molecule has 0 aliphatic carbocycles. The van der Waals surface area contributed by atoms with E-state index < -0.39 is 10.0 Å². The first-order chi connectivity index (χ1) is 14.7. The van der Waals surface area contributed by atoms with Crippen molar-refractivity contribution in [3.05, 3.63) is 71.5 Å². The highest BCUT2D eigenvalue weighted by atomic mass is 32.2. The number of aromatic nitrogens is 3. The lowest BCUT2D eigenvalue weighted by Crippen LogP contribution is -2.22. The topological polar surface area (TPSA) is 85.2 Å². The number of ketones is 1. The van der Waals surface area contributed by atoms with Crippen LogP contribution in [0.3, 0.4) is 0 Å². The van der Waals surface area contributed by atoms with Crippen molar-refractivity contribution in [2.45, 2.75) is 35.1 Å². The average molecular weight is 459 g/mol. The van der Waals surface area contributed by atoms with E-state index in [4.69, 9.17) is 0 Å². The van der Waals surface area contributed by atoms with Crippen LogP contribution in [0.5, 0.6) is 0 Å². The number of rotatable bonds is 9. The van der Waals surface area contributed by atoms with Gasteiger partial charge in [-0.3, -0.25) is 4.79 Å². The smallest absolute Gasteiger partial charge is 0.242 e. The minimum Gasteiger partial charge on any atom is -0.312 e. The third kappa shape index (κ3) is 5.81. The summed E-state index contributed by atoms with van der Waals surface area (Å²) in [5.74, 6) is 0.0778. The molecule has 0 aliphatic heterocycles. The van der Waals surface area contributed by atoms with Gasteiger partial charge in [-0.15, -0.1) is 10.2 Å². The number of benzene rings is 2. The predicted octanol–water partition coefficient (Wildman–Crippen LogP) is 3.27. The van der Waals surface area contributed by atoms with Crippen molar-refractivity contribution in [1.82, 2.24) is 19.1 Å². The van der Waals surface area contributed by atoms with Gasteiger partial charge in [-0.2, -0.15) is 0 Å². The molecule has 0 unspecified atom stereocenters. The van der Waals surface area contributed by atoms with E-state index in [2.05, 4.69) is 23.2 Å². The van der Waals surface area contributed by atoms with Gasteiger partial charge in [0.1, 0.15) is 12.1 Å². The summed E-state index contributed by atoms with van der Waals surface area (Å²) in [4.78, 5) is 12.8. The zero-order valence-corrected chi connectivity index (χ0v) is 19.7. The summed E-state index contributed by atoms with van der Waals surface area (Å²) in [7, 11) is 1.43. The first-order valence-electron chi connectivity index (χ1n) is 9.79. The molecule has 164 valence electrons. The van der Waals surface area contributed by atoms with Gasteiger partial charge in [-0.1, -0.05) is 48.2 Å². The second-order valence-corrected chi connectivity index (χ2v) is 11.0. The molecule has 1 aromatic heterocycles. The van der Waals surface area contributed by atoms with Crippen molar-refractivity contribution in [2.75, 3.05) is 14.1 Å². The highest BCUT2D eigenvalue weighted by Crippen LogP contribution is 2.33. The Morgan fingerprint density at radius 1 is 1.10 bits per heavy atom. The Balaban J connectivity index is 1.63. The molecule has 7 nitrogen and oxygen atoms in total. The third-order valence-electron chi connectivity index (χ3n) is 4.88. The molecule has 0 saturated carbocycles. The van der Waals surface area contributed by atoms with E-state index in [-0.39, 0.29) is 22.3 Å². The van der Waals surface area contributed by atoms with E-state index in [0.717, 1.165) is 21.8 Å². The lowest BCUT2D eigenvalue weighted by molar-refractivity contribution is -0.117. The molecule has 3 rings (SSSR count). The molecular weight excluding hydrogens is 432 g/mol. The molecule has 0 saturated heterocycles. The molecule has 0 fully saturated rings. The molecule has 0 radical (unpaired) electrons. The summed E-state index contributed by atoms with van der Waals surface area (Å²) in [5, 5.41) is 9.03. The van der Waals surface area contributed by atoms with Gasteiger partial charge in [0, 0.05) is 39.2 Å². The second-order valence-electron chi connectivity index (χ2n) is 7.55. The molecule has 9 heteroatoms. The van der Waals surface area contributed by atoms with Crippen LogP contribution in [0.25, 0.3) is 0 Å². The molecule has 0 spiro atoms. The molecule has 31 heavy (non-hydrogen) atoms. The zero-order valence-electron chi connectivity index (χ0n) is 18.0. The quantitative estimate of drug-likeness (QED) is 0.458. The molecule has 2 aromatic carbocycles. The molecule has 0 bridgehead atoms. The van der Waals surface area contributed by atoms with Crippen LogP contribution in [0.4, 0.5) is 0 Å². The van der Waals surface area contributed by atoms with Crippen LogP contribution in [0.1, 0.15) is 28.9 Å². The predicted molar refractivity (Wildman–Crippen MR) is 121 cm³/mol. The Kier molecular flexibility index (Phi) is 7.30. The SMILES string of the molecule is C[C@H](Sc1nncn1C)c1cccc(CC(=O)Cc2ccc(S(=O)(=O)N(C)C)cc2)c1. The van der Waals surface area contributed by atoms with Crippen molar-refractivity contribution < 1.29 is 13.2 Å². The third-order valence-corrected chi connectivity index (χ3v) is 7.91. The number of hydrogen-bond acceptors (Lipinski definition) is 6. The Morgan fingerprint density at radius 3 is 2.39 bits per heavy atom. The number of thioether (sulfide) groups is 1. The van der Waals surface area contributed by atoms with Gasteiger partial charge in [0.05, 0.1) is 4.90 Å². The highest BCUT2D eigenvalue weighted by Gasteiger charge is 2.17. The summed E-state index contributed by atoms with van der Waals surface area (Å²) >= 11 is 1.62. The monoisotopic (exact) mass is 458 g/mol. The van der Waals surface area contributed by atoms with E-state index in [9.17, 15) is 13.2 Å². The average Bonchev–Trinajstić information content (AvgIpc) is 3.12. The number of aryl methyl sites for hydroxylation is 1. The molecule has 1 heterocycles. The van der Waals surface area contributed by atoms with Crippen LogP contribution in [0, 0.1) is 0 Å². The van der Waals surface area contributed by atoms with E-state index in [0.29, 0.717) is 6.42 Å². The lowest BCUT2D eigenvalue weighted by atomic mass is 10.0. The number of sulfonamides is 1. The van der Waals surface area contributed by atoms with Gasteiger partial charge in [0.15, 0.2) is 5.16 Å². The van der Waals surface area contributed by atoms with Crippen LogP contribution < -0.4 is 0 Å². The first-order valence-corrected chi connectivity index (χ1v) is 12.1. The van der Waals surface area contributed by atoms with Gasteiger partial charge >= 0.3 is 0 Å². The van der Waals surface area contributed by atoms with Crippen molar-refractivity contribution in [3.63, 3.8) is 0 Å². The van der Waals surface area contributed by atoms with E-state index in [1.807, 2.05) is 29.8 Å². The molecule has 3 aromatic rings. The first kappa shape index (κ1) is 23.2. The van der Waals surface area contributed by atoms with Crippen LogP contribution in [0.15, 0.2) is 64.9 Å². The van der Waals surface area contributed by atoms with Gasteiger partial charge in [-0.25, -0.2) is 12.7 Å². The van der Waals surface area contributed by atoms with E-state index in [1.54, 1.807) is 42.4 Å². The molecular formula is C22H26N4O3S2. The Labute approximate surface area is 187 Å². The summed E-state index contributed by atoms with van der Waals surface area (Å²) < 4.78 is 27.4. The van der Waals surface area contributed by atoms with Gasteiger partial charge in [-0.05, 0) is 35.7 Å². The summed E-state index contributed by atoms with van der Waals surface area (Å²) in [5.41, 5.74) is 2.88. The molecule has 0 amide bonds. The van der Waals surface area contributed by atoms with Crippen LogP contribution in [-0.4, -0.2) is 47.4 Å². The highest BCUT2D eigenvalue weighted by molar-refractivity contribution is 7.99. The van der Waals surface area contributed by atoms with E-state index >= 15 is 0 Å². The van der Waals surface area contributed by atoms with E-state index in [1.165, 1.54) is 18.4 Å². The molecule has 0 aliphatic rings.